The van der Waals surface area contributed by atoms with Gasteiger partial charge < -0.3 is 9.63 Å². The molecule has 0 radical (unpaired) electrons. The van der Waals surface area contributed by atoms with Gasteiger partial charge in [-0.2, -0.15) is 11.8 Å². The molecule has 1 rings (SSSR count). The van der Waals surface area contributed by atoms with Crippen molar-refractivity contribution in [2.45, 2.75) is 13.8 Å². The molecule has 1 aromatic rings. The second-order valence-electron chi connectivity index (χ2n) is 3.64. The molecule has 0 saturated heterocycles. The molecular formula is C10H14N2O4S. The molecule has 94 valence electrons. The van der Waals surface area contributed by atoms with E-state index in [0.717, 1.165) is 0 Å². The lowest BCUT2D eigenvalue weighted by atomic mass is 10.2. The van der Waals surface area contributed by atoms with Crippen LogP contribution in [-0.2, 0) is 9.59 Å². The number of carboxylic acid groups (broad SMARTS) is 1. The van der Waals surface area contributed by atoms with E-state index in [2.05, 4.69) is 10.5 Å². The number of amides is 1. The fourth-order valence-electron chi connectivity index (χ4n) is 0.996. The molecular weight excluding hydrogens is 244 g/mol. The van der Waals surface area contributed by atoms with Gasteiger partial charge in [0.1, 0.15) is 0 Å². The maximum atomic E-state index is 11.4. The summed E-state index contributed by atoms with van der Waals surface area (Å²) >= 11 is 1.27. The molecule has 0 spiro atoms. The van der Waals surface area contributed by atoms with E-state index in [1.807, 2.05) is 0 Å². The SMILES string of the molecule is Cc1cc(NC(=O)CSCC(C)C(=O)O)on1. The van der Waals surface area contributed by atoms with Crippen LogP contribution in [0.2, 0.25) is 0 Å². The second-order valence-corrected chi connectivity index (χ2v) is 4.67. The van der Waals surface area contributed by atoms with Crippen LogP contribution in [0.3, 0.4) is 0 Å². The summed E-state index contributed by atoms with van der Waals surface area (Å²) in [5, 5.41) is 14.8. The molecule has 0 aliphatic heterocycles. The normalized spacial score (nSPS) is 12.1. The quantitative estimate of drug-likeness (QED) is 0.800. The highest BCUT2D eigenvalue weighted by Gasteiger charge is 2.12. The fraction of sp³-hybridized carbons (Fsp3) is 0.500. The number of carbonyl (C=O) groups is 2. The number of hydrogen-bond donors (Lipinski definition) is 2. The van der Waals surface area contributed by atoms with Crippen molar-refractivity contribution < 1.29 is 19.2 Å². The number of carbonyl (C=O) groups excluding carboxylic acids is 1. The smallest absolute Gasteiger partial charge is 0.307 e. The van der Waals surface area contributed by atoms with Crippen LogP contribution in [0.1, 0.15) is 12.6 Å². The third kappa shape index (κ3) is 4.90. The largest absolute Gasteiger partial charge is 0.481 e. The third-order valence-corrected chi connectivity index (χ3v) is 3.12. The Balaban J connectivity index is 2.24. The zero-order chi connectivity index (χ0) is 12.8. The lowest BCUT2D eigenvalue weighted by Crippen LogP contribution is -2.17. The Morgan fingerprint density at radius 3 is 2.88 bits per heavy atom. The van der Waals surface area contributed by atoms with Gasteiger partial charge in [-0.05, 0) is 6.92 Å². The molecule has 1 unspecified atom stereocenters. The van der Waals surface area contributed by atoms with Gasteiger partial charge in [0.2, 0.25) is 11.8 Å². The second kappa shape index (κ2) is 6.29. The summed E-state index contributed by atoms with van der Waals surface area (Å²) in [5.41, 5.74) is 0.687. The number of nitrogens with one attached hydrogen (secondary N) is 1. The van der Waals surface area contributed by atoms with Gasteiger partial charge in [0.25, 0.3) is 0 Å². The predicted molar refractivity (Wildman–Crippen MR) is 64.0 cm³/mol. The van der Waals surface area contributed by atoms with Crippen LogP contribution in [0.4, 0.5) is 5.88 Å². The predicted octanol–water partition coefficient (Wildman–Crippen LogP) is 1.38. The zero-order valence-electron chi connectivity index (χ0n) is 9.60. The van der Waals surface area contributed by atoms with Crippen LogP contribution in [0.5, 0.6) is 0 Å². The third-order valence-electron chi connectivity index (χ3n) is 1.91. The summed E-state index contributed by atoms with van der Waals surface area (Å²) in [6.07, 6.45) is 0. The Morgan fingerprint density at radius 2 is 2.35 bits per heavy atom. The Bertz CT molecular complexity index is 405. The number of thioether (sulfide) groups is 1. The number of aliphatic carboxylic acids is 1. The van der Waals surface area contributed by atoms with E-state index in [1.54, 1.807) is 19.9 Å². The van der Waals surface area contributed by atoms with E-state index >= 15 is 0 Å². The van der Waals surface area contributed by atoms with Gasteiger partial charge in [-0.25, -0.2) is 0 Å². The lowest BCUT2D eigenvalue weighted by Gasteiger charge is -2.05. The molecule has 0 saturated carbocycles. The summed E-state index contributed by atoms with van der Waals surface area (Å²) in [6, 6.07) is 1.61. The first-order chi connectivity index (χ1) is 7.99. The van der Waals surface area contributed by atoms with Crippen molar-refractivity contribution >= 4 is 29.5 Å². The van der Waals surface area contributed by atoms with Gasteiger partial charge in [0, 0.05) is 11.8 Å². The summed E-state index contributed by atoms with van der Waals surface area (Å²) in [6.45, 7) is 3.36. The highest BCUT2D eigenvalue weighted by molar-refractivity contribution is 8.00. The number of hydrogen-bond acceptors (Lipinski definition) is 5. The van der Waals surface area contributed by atoms with E-state index in [9.17, 15) is 9.59 Å². The van der Waals surface area contributed by atoms with Crippen LogP contribution in [0.15, 0.2) is 10.6 Å². The molecule has 0 aliphatic rings. The van der Waals surface area contributed by atoms with E-state index in [1.165, 1.54) is 11.8 Å². The molecule has 1 heterocycles. The van der Waals surface area contributed by atoms with Crippen LogP contribution in [0, 0.1) is 12.8 Å². The molecule has 17 heavy (non-hydrogen) atoms. The highest BCUT2D eigenvalue weighted by Crippen LogP contribution is 2.11. The number of nitrogens with zero attached hydrogens (tertiary/aromatic N) is 1. The van der Waals surface area contributed by atoms with Crippen molar-refractivity contribution in [1.82, 2.24) is 5.16 Å². The molecule has 0 bridgehead atoms. The van der Waals surface area contributed by atoms with Gasteiger partial charge in [-0.15, -0.1) is 0 Å². The summed E-state index contributed by atoms with van der Waals surface area (Å²) in [7, 11) is 0. The molecule has 0 aliphatic carbocycles. The molecule has 2 N–H and O–H groups in total. The maximum Gasteiger partial charge on any atom is 0.307 e. The Labute approximate surface area is 103 Å². The Kier molecular flexibility index (Phi) is 5.02. The minimum absolute atomic E-state index is 0.192. The molecule has 1 atom stereocenters. The summed E-state index contributed by atoms with van der Waals surface area (Å²) in [5.74, 6) is -0.651. The first kappa shape index (κ1) is 13.6. The summed E-state index contributed by atoms with van der Waals surface area (Å²) < 4.78 is 4.82. The van der Waals surface area contributed by atoms with Crippen molar-refractivity contribution in [3.05, 3.63) is 11.8 Å². The summed E-state index contributed by atoms with van der Waals surface area (Å²) in [4.78, 5) is 21.9. The van der Waals surface area contributed by atoms with Crippen LogP contribution >= 0.6 is 11.8 Å². The number of anilines is 1. The molecule has 1 amide bonds. The standard InChI is InChI=1S/C10H14N2O4S/c1-6(10(14)15)4-17-5-8(13)11-9-3-7(2)12-16-9/h3,6H,4-5H2,1-2H3,(H,11,13)(H,14,15). The van der Waals surface area contributed by atoms with Gasteiger partial charge >= 0.3 is 5.97 Å². The minimum Gasteiger partial charge on any atom is -0.481 e. The van der Waals surface area contributed by atoms with Crippen molar-refractivity contribution in [3.63, 3.8) is 0 Å². The van der Waals surface area contributed by atoms with E-state index < -0.39 is 11.9 Å². The van der Waals surface area contributed by atoms with E-state index in [0.29, 0.717) is 17.3 Å². The van der Waals surface area contributed by atoms with Gasteiger partial charge in [-0.3, -0.25) is 14.9 Å². The first-order valence-corrected chi connectivity index (χ1v) is 6.18. The molecule has 6 nitrogen and oxygen atoms in total. The van der Waals surface area contributed by atoms with Crippen LogP contribution in [0.25, 0.3) is 0 Å². The number of rotatable bonds is 6. The molecule has 0 fully saturated rings. The average Bonchev–Trinajstić information content (AvgIpc) is 2.63. The number of carboxylic acids is 1. The highest BCUT2D eigenvalue weighted by atomic mass is 32.2. The van der Waals surface area contributed by atoms with E-state index in [-0.39, 0.29) is 11.7 Å². The Morgan fingerprint density at radius 1 is 1.65 bits per heavy atom. The topological polar surface area (TPSA) is 92.4 Å². The maximum absolute atomic E-state index is 11.4. The van der Waals surface area contributed by atoms with Crippen molar-refractivity contribution in [2.24, 2.45) is 5.92 Å². The molecule has 0 aromatic carbocycles. The van der Waals surface area contributed by atoms with Crippen LogP contribution < -0.4 is 5.32 Å². The van der Waals surface area contributed by atoms with E-state index in [4.69, 9.17) is 9.63 Å². The first-order valence-electron chi connectivity index (χ1n) is 5.02. The zero-order valence-corrected chi connectivity index (χ0v) is 10.4. The van der Waals surface area contributed by atoms with Gasteiger partial charge in [0.05, 0.1) is 17.4 Å². The van der Waals surface area contributed by atoms with Crippen LogP contribution in [-0.4, -0.2) is 33.6 Å². The minimum atomic E-state index is -0.858. The van der Waals surface area contributed by atoms with Gasteiger partial charge in [-0.1, -0.05) is 12.1 Å². The fourth-order valence-corrected chi connectivity index (χ4v) is 1.87. The molecule has 1 aromatic heterocycles. The average molecular weight is 258 g/mol. The lowest BCUT2D eigenvalue weighted by molar-refractivity contribution is -0.140. The van der Waals surface area contributed by atoms with Gasteiger partial charge in [0.15, 0.2) is 0 Å². The van der Waals surface area contributed by atoms with Crippen molar-refractivity contribution in [2.75, 3.05) is 16.8 Å². The number of aromatic nitrogens is 1. The monoisotopic (exact) mass is 258 g/mol. The van der Waals surface area contributed by atoms with Crippen molar-refractivity contribution in [1.29, 1.82) is 0 Å². The van der Waals surface area contributed by atoms with Crippen molar-refractivity contribution in [3.8, 4) is 0 Å². The molecule has 7 heteroatoms. The number of aryl methyl sites for hydroxylation is 1. The Hall–Kier alpha value is -1.50.